The highest BCUT2D eigenvalue weighted by atomic mass is 32.2. The molecule has 40 heavy (non-hydrogen) atoms. The Morgan fingerprint density at radius 3 is 2.83 bits per heavy atom. The van der Waals surface area contributed by atoms with E-state index in [1.54, 1.807) is 18.8 Å². The number of fused-ring (bicyclic) bond motifs is 1. The average Bonchev–Trinajstić information content (AvgIpc) is 3.76. The number of benzene rings is 2. The van der Waals surface area contributed by atoms with Crippen LogP contribution >= 0.6 is 0 Å². The molecule has 9 heteroatoms. The fraction of sp³-hybridized carbons (Fsp3) is 0.355. The lowest BCUT2D eigenvalue weighted by Gasteiger charge is -2.19. The zero-order chi connectivity index (χ0) is 27.5. The number of ether oxygens (including phenoxy) is 2. The van der Waals surface area contributed by atoms with E-state index >= 15 is 0 Å². The van der Waals surface area contributed by atoms with Crippen LogP contribution in [-0.2, 0) is 17.2 Å². The van der Waals surface area contributed by atoms with Gasteiger partial charge in [-0.15, -0.1) is 0 Å². The van der Waals surface area contributed by atoms with Crippen molar-refractivity contribution in [3.63, 3.8) is 0 Å². The molecule has 2 atom stereocenters. The van der Waals surface area contributed by atoms with E-state index in [4.69, 9.17) is 9.47 Å². The Kier molecular flexibility index (Phi) is 7.73. The molecule has 0 radical (unpaired) electrons. The first kappa shape index (κ1) is 26.4. The minimum absolute atomic E-state index is 0.170. The molecule has 1 fully saturated rings. The fourth-order valence-corrected chi connectivity index (χ4v) is 6.08. The molecule has 0 spiro atoms. The van der Waals surface area contributed by atoms with Crippen molar-refractivity contribution < 1.29 is 18.5 Å². The highest BCUT2D eigenvalue weighted by Gasteiger charge is 2.24. The van der Waals surface area contributed by atoms with Gasteiger partial charge in [0.25, 0.3) is 0 Å². The third-order valence-electron chi connectivity index (χ3n) is 7.82. The minimum Gasteiger partial charge on any atom is -0.493 e. The highest BCUT2D eigenvalue weighted by molar-refractivity contribution is 7.88. The Labute approximate surface area is 237 Å². The van der Waals surface area contributed by atoms with Gasteiger partial charge in [0.05, 0.1) is 12.3 Å². The minimum atomic E-state index is -0.901. The van der Waals surface area contributed by atoms with Gasteiger partial charge >= 0.3 is 6.03 Å². The SMILES string of the molecule is CS(=O)C1=CC=C(COc2ccc(-c3cn(C(=O)NCC4CCN(c5ccc6c(c5)CCO6)C4)cn3)cc2)CC1. The molecule has 3 heterocycles. The lowest BCUT2D eigenvalue weighted by molar-refractivity contribution is 0.240. The molecule has 1 aliphatic carbocycles. The lowest BCUT2D eigenvalue weighted by atomic mass is 10.1. The van der Waals surface area contributed by atoms with Gasteiger partial charge in [-0.1, -0.05) is 12.2 Å². The quantitative estimate of drug-likeness (QED) is 0.422. The van der Waals surface area contributed by atoms with Crippen LogP contribution in [0.1, 0.15) is 24.8 Å². The van der Waals surface area contributed by atoms with Crippen LogP contribution in [-0.4, -0.2) is 58.9 Å². The van der Waals surface area contributed by atoms with E-state index in [-0.39, 0.29) is 6.03 Å². The monoisotopic (exact) mass is 558 g/mol. The molecule has 1 amide bonds. The summed E-state index contributed by atoms with van der Waals surface area (Å²) in [5.74, 6) is 2.18. The largest absolute Gasteiger partial charge is 0.493 e. The van der Waals surface area contributed by atoms with Crippen molar-refractivity contribution in [2.75, 3.05) is 44.0 Å². The van der Waals surface area contributed by atoms with Gasteiger partial charge in [-0.05, 0) is 78.8 Å². The number of carbonyl (C=O) groups excluding carboxylic acids is 1. The van der Waals surface area contributed by atoms with Gasteiger partial charge < -0.3 is 19.7 Å². The Balaban J connectivity index is 0.980. The molecule has 3 aliphatic rings. The first-order chi connectivity index (χ1) is 19.5. The summed E-state index contributed by atoms with van der Waals surface area (Å²) in [7, 11) is -0.901. The van der Waals surface area contributed by atoms with Crippen molar-refractivity contribution in [1.29, 1.82) is 0 Å². The molecule has 0 bridgehead atoms. The Hall–Kier alpha value is -3.85. The van der Waals surface area contributed by atoms with Gasteiger partial charge in [0.1, 0.15) is 24.4 Å². The molecule has 1 aromatic heterocycles. The summed E-state index contributed by atoms with van der Waals surface area (Å²) in [6.45, 7) is 3.83. The molecule has 6 rings (SSSR count). The maximum Gasteiger partial charge on any atom is 0.326 e. The fourth-order valence-electron chi connectivity index (χ4n) is 5.43. The van der Waals surface area contributed by atoms with E-state index in [9.17, 15) is 9.00 Å². The number of carbonyl (C=O) groups is 1. The van der Waals surface area contributed by atoms with Crippen molar-refractivity contribution in [1.82, 2.24) is 14.9 Å². The van der Waals surface area contributed by atoms with Crippen LogP contribution in [0.15, 0.2) is 77.6 Å². The summed E-state index contributed by atoms with van der Waals surface area (Å²) in [5.41, 5.74) is 5.36. The van der Waals surface area contributed by atoms with Crippen LogP contribution in [0.4, 0.5) is 10.5 Å². The van der Waals surface area contributed by atoms with E-state index in [1.165, 1.54) is 21.4 Å². The summed E-state index contributed by atoms with van der Waals surface area (Å²) in [5, 5.41) is 3.08. The van der Waals surface area contributed by atoms with Crippen LogP contribution < -0.4 is 19.7 Å². The maximum absolute atomic E-state index is 12.8. The molecule has 2 aromatic carbocycles. The van der Waals surface area contributed by atoms with Crippen molar-refractivity contribution >= 4 is 22.5 Å². The van der Waals surface area contributed by atoms with E-state index in [0.717, 1.165) is 73.0 Å². The smallest absolute Gasteiger partial charge is 0.326 e. The van der Waals surface area contributed by atoms with Gasteiger partial charge in [-0.25, -0.2) is 9.78 Å². The third kappa shape index (κ3) is 5.99. The van der Waals surface area contributed by atoms with Crippen molar-refractivity contribution in [3.8, 4) is 22.8 Å². The summed E-state index contributed by atoms with van der Waals surface area (Å²) in [6.07, 6.45) is 12.7. The third-order valence-corrected chi connectivity index (χ3v) is 8.90. The Bertz CT molecular complexity index is 1480. The number of imidazole rings is 1. The summed E-state index contributed by atoms with van der Waals surface area (Å²) in [4.78, 5) is 20.6. The van der Waals surface area contributed by atoms with Crippen molar-refractivity contribution in [2.24, 2.45) is 5.92 Å². The van der Waals surface area contributed by atoms with Crippen LogP contribution in [0.5, 0.6) is 11.5 Å². The van der Waals surface area contributed by atoms with Gasteiger partial charge in [-0.3, -0.25) is 8.78 Å². The van der Waals surface area contributed by atoms with Gasteiger partial charge in [0.2, 0.25) is 0 Å². The zero-order valence-corrected chi connectivity index (χ0v) is 23.5. The number of anilines is 1. The Morgan fingerprint density at radius 2 is 2.02 bits per heavy atom. The Morgan fingerprint density at radius 1 is 1.15 bits per heavy atom. The molecule has 2 aliphatic heterocycles. The van der Waals surface area contributed by atoms with Gasteiger partial charge in [0.15, 0.2) is 0 Å². The van der Waals surface area contributed by atoms with Crippen LogP contribution in [0.3, 0.4) is 0 Å². The molecule has 2 unspecified atom stereocenters. The maximum atomic E-state index is 12.8. The second kappa shape index (κ2) is 11.7. The highest BCUT2D eigenvalue weighted by Crippen LogP contribution is 2.32. The molecule has 1 saturated heterocycles. The topological polar surface area (TPSA) is 85.7 Å². The second-order valence-electron chi connectivity index (χ2n) is 10.6. The summed E-state index contributed by atoms with van der Waals surface area (Å²) < 4.78 is 24.7. The predicted octanol–water partition coefficient (Wildman–Crippen LogP) is 4.93. The van der Waals surface area contributed by atoms with E-state index in [1.807, 2.05) is 36.4 Å². The number of hydrogen-bond donors (Lipinski definition) is 1. The molecule has 0 saturated carbocycles. The zero-order valence-electron chi connectivity index (χ0n) is 22.7. The molecular weight excluding hydrogens is 524 g/mol. The van der Waals surface area contributed by atoms with Crippen molar-refractivity contribution in [2.45, 2.75) is 25.7 Å². The van der Waals surface area contributed by atoms with Crippen LogP contribution in [0, 0.1) is 5.92 Å². The van der Waals surface area contributed by atoms with E-state index < -0.39 is 10.8 Å². The second-order valence-corrected chi connectivity index (χ2v) is 12.0. The number of nitrogens with one attached hydrogen (secondary N) is 1. The lowest BCUT2D eigenvalue weighted by Crippen LogP contribution is -2.33. The van der Waals surface area contributed by atoms with E-state index in [0.29, 0.717) is 19.1 Å². The van der Waals surface area contributed by atoms with Gasteiger partial charge in [-0.2, -0.15) is 0 Å². The number of amides is 1. The number of aromatic nitrogens is 2. The molecule has 208 valence electrons. The molecule has 8 nitrogen and oxygen atoms in total. The average molecular weight is 559 g/mol. The number of nitrogens with zero attached hydrogens (tertiary/aromatic N) is 3. The normalized spacial score (nSPS) is 18.9. The standard InChI is InChI=1S/C31H34N4O4S/c1-40(37)28-9-2-22(3-10-28)20-39-27-7-4-24(5-8-27)29-19-35(21-33-29)31(36)32-17-23-12-14-34(18-23)26-6-11-30-25(16-26)13-15-38-30/h2,4-9,11,16,19,21,23H,3,10,12-15,17-18,20H2,1H3,(H,32,36). The summed E-state index contributed by atoms with van der Waals surface area (Å²) >= 11 is 0. The number of allylic oxidation sites excluding steroid dienone is 3. The molecular formula is C31H34N4O4S. The first-order valence-electron chi connectivity index (χ1n) is 13.8. The summed E-state index contributed by atoms with van der Waals surface area (Å²) in [6, 6.07) is 14.0. The molecule has 1 N–H and O–H groups in total. The predicted molar refractivity (Wildman–Crippen MR) is 157 cm³/mol. The van der Waals surface area contributed by atoms with Crippen molar-refractivity contribution in [3.05, 3.63) is 83.2 Å². The number of rotatable bonds is 8. The van der Waals surface area contributed by atoms with E-state index in [2.05, 4.69) is 33.4 Å². The number of hydrogen-bond acceptors (Lipinski definition) is 6. The van der Waals surface area contributed by atoms with Gasteiger partial charge in [0, 0.05) is 65.5 Å². The molecule has 3 aromatic rings. The van der Waals surface area contributed by atoms with Crippen LogP contribution in [0.2, 0.25) is 0 Å². The van der Waals surface area contributed by atoms with Crippen LogP contribution in [0.25, 0.3) is 11.3 Å². The first-order valence-corrected chi connectivity index (χ1v) is 15.4.